The zero-order valence-corrected chi connectivity index (χ0v) is 13.6. The van der Waals surface area contributed by atoms with E-state index in [1.807, 2.05) is 0 Å². The van der Waals surface area contributed by atoms with E-state index in [1.54, 1.807) is 0 Å². The molecule has 0 amide bonds. The van der Waals surface area contributed by atoms with E-state index in [9.17, 15) is 5.11 Å². The van der Waals surface area contributed by atoms with E-state index in [0.29, 0.717) is 0 Å². The molecule has 1 aromatic carbocycles. The molecule has 0 saturated heterocycles. The summed E-state index contributed by atoms with van der Waals surface area (Å²) in [5.74, 6) is 0. The summed E-state index contributed by atoms with van der Waals surface area (Å²) < 4.78 is 0. The van der Waals surface area contributed by atoms with Gasteiger partial charge in [0.15, 0.2) is 0 Å². The molecule has 1 atom stereocenters. The number of rotatable bonds is 6. The van der Waals surface area contributed by atoms with Crippen molar-refractivity contribution in [2.75, 3.05) is 19.7 Å². The van der Waals surface area contributed by atoms with Crippen molar-refractivity contribution >= 4 is 10.9 Å². The number of aliphatic hydroxyl groups is 1. The Labute approximate surface area is 127 Å². The maximum absolute atomic E-state index is 9.88. The Hall–Kier alpha value is -1.45. The van der Waals surface area contributed by atoms with Crippen LogP contribution in [0.5, 0.6) is 0 Å². The van der Waals surface area contributed by atoms with Crippen molar-refractivity contribution in [1.82, 2.24) is 9.88 Å². The summed E-state index contributed by atoms with van der Waals surface area (Å²) in [5, 5.41) is 11.0. The first-order valence-electron chi connectivity index (χ1n) is 7.90. The van der Waals surface area contributed by atoms with Crippen molar-refractivity contribution in [2.45, 2.75) is 40.2 Å². The predicted octanol–water partition coefficient (Wildman–Crippen LogP) is 3.48. The van der Waals surface area contributed by atoms with Gasteiger partial charge in [-0.25, -0.2) is 0 Å². The summed E-state index contributed by atoms with van der Waals surface area (Å²) in [4.78, 5) is 7.15. The lowest BCUT2D eigenvalue weighted by Crippen LogP contribution is -2.31. The van der Waals surface area contributed by atoms with Gasteiger partial charge in [-0.15, -0.1) is 0 Å². The normalized spacial score (nSPS) is 13.0. The Kier molecular flexibility index (Phi) is 5.32. The fourth-order valence-electron chi connectivity index (χ4n) is 3.07. The molecule has 0 spiro atoms. The van der Waals surface area contributed by atoms with Gasteiger partial charge < -0.3 is 5.11 Å². The number of hydrogen-bond acceptors (Lipinski definition) is 3. The molecule has 0 aliphatic rings. The number of para-hydroxylation sites is 1. The number of aryl methyl sites for hydroxylation is 2. The van der Waals surface area contributed by atoms with Crippen molar-refractivity contribution in [1.29, 1.82) is 0 Å². The van der Waals surface area contributed by atoms with Gasteiger partial charge in [0.05, 0.1) is 18.2 Å². The zero-order chi connectivity index (χ0) is 15.4. The lowest BCUT2D eigenvalue weighted by molar-refractivity contribution is 0.134. The van der Waals surface area contributed by atoms with E-state index < -0.39 is 0 Å². The molecule has 0 aliphatic heterocycles. The Balaban J connectivity index is 2.62. The molecule has 0 bridgehead atoms. The highest BCUT2D eigenvalue weighted by Crippen LogP contribution is 2.28. The Bertz CT molecular complexity index is 605. The van der Waals surface area contributed by atoms with Crippen LogP contribution in [0.2, 0.25) is 0 Å². The molecule has 2 rings (SSSR count). The molecule has 0 saturated carbocycles. The molecule has 21 heavy (non-hydrogen) atoms. The van der Waals surface area contributed by atoms with E-state index in [2.05, 4.69) is 56.9 Å². The summed E-state index contributed by atoms with van der Waals surface area (Å²) in [6, 6.07) is 8.50. The molecule has 0 radical (unpaired) electrons. The smallest absolute Gasteiger partial charge is 0.0754 e. The third-order valence-corrected chi connectivity index (χ3v) is 4.29. The highest BCUT2D eigenvalue weighted by molar-refractivity contribution is 5.83. The number of nitrogens with zero attached hydrogens (tertiary/aromatic N) is 2. The van der Waals surface area contributed by atoms with Crippen LogP contribution in [0.4, 0.5) is 0 Å². The standard InChI is InChI=1S/C18H26N2O/c1-5-16-13(4)11-14-9-8-10-15(18(14)19-16)17(12-21)20(6-2)7-3/h8-11,17,21H,5-7,12H2,1-4H3. The maximum atomic E-state index is 9.88. The number of aromatic nitrogens is 1. The van der Waals surface area contributed by atoms with Crippen LogP contribution in [-0.4, -0.2) is 34.7 Å². The van der Waals surface area contributed by atoms with Crippen molar-refractivity contribution in [3.05, 3.63) is 41.1 Å². The summed E-state index contributed by atoms with van der Waals surface area (Å²) in [5.41, 5.74) is 4.55. The van der Waals surface area contributed by atoms with E-state index >= 15 is 0 Å². The first-order valence-corrected chi connectivity index (χ1v) is 7.90. The third-order valence-electron chi connectivity index (χ3n) is 4.29. The van der Waals surface area contributed by atoms with Crippen LogP contribution in [0.15, 0.2) is 24.3 Å². The molecule has 0 aliphatic carbocycles. The second-order valence-electron chi connectivity index (χ2n) is 5.44. The van der Waals surface area contributed by atoms with E-state index in [-0.39, 0.29) is 12.6 Å². The van der Waals surface area contributed by atoms with Gasteiger partial charge in [-0.05, 0) is 43.6 Å². The minimum absolute atomic E-state index is 0.0172. The maximum Gasteiger partial charge on any atom is 0.0754 e. The van der Waals surface area contributed by atoms with Crippen molar-refractivity contribution in [2.24, 2.45) is 0 Å². The first-order chi connectivity index (χ1) is 10.2. The van der Waals surface area contributed by atoms with Gasteiger partial charge in [0, 0.05) is 11.1 Å². The topological polar surface area (TPSA) is 36.4 Å². The van der Waals surface area contributed by atoms with E-state index in [4.69, 9.17) is 4.98 Å². The number of hydrogen-bond donors (Lipinski definition) is 1. The van der Waals surface area contributed by atoms with Crippen LogP contribution in [-0.2, 0) is 6.42 Å². The number of likely N-dealkylation sites (N-methyl/N-ethyl adjacent to an activating group) is 1. The molecule has 1 N–H and O–H groups in total. The van der Waals surface area contributed by atoms with Gasteiger partial charge >= 0.3 is 0 Å². The fraction of sp³-hybridized carbons (Fsp3) is 0.500. The molecular formula is C18H26N2O. The SMILES string of the molecule is CCc1nc2c(C(CO)N(CC)CC)cccc2cc1C. The van der Waals surface area contributed by atoms with Gasteiger partial charge in [0.2, 0.25) is 0 Å². The summed E-state index contributed by atoms with van der Waals surface area (Å²) >= 11 is 0. The monoisotopic (exact) mass is 286 g/mol. The number of fused-ring (bicyclic) bond motifs is 1. The molecule has 0 fully saturated rings. The highest BCUT2D eigenvalue weighted by Gasteiger charge is 2.20. The molecule has 2 aromatic rings. The Morgan fingerprint density at radius 1 is 1.19 bits per heavy atom. The van der Waals surface area contributed by atoms with E-state index in [0.717, 1.165) is 41.7 Å². The first kappa shape index (κ1) is 15.9. The molecular weight excluding hydrogens is 260 g/mol. The molecule has 3 nitrogen and oxygen atoms in total. The highest BCUT2D eigenvalue weighted by atomic mass is 16.3. The van der Waals surface area contributed by atoms with Gasteiger partial charge in [-0.2, -0.15) is 0 Å². The largest absolute Gasteiger partial charge is 0.394 e. The minimum atomic E-state index is 0.0172. The zero-order valence-electron chi connectivity index (χ0n) is 13.6. The minimum Gasteiger partial charge on any atom is -0.394 e. The summed E-state index contributed by atoms with van der Waals surface area (Å²) in [6.07, 6.45) is 0.936. The van der Waals surface area contributed by atoms with Crippen LogP contribution in [0.3, 0.4) is 0 Å². The second-order valence-corrected chi connectivity index (χ2v) is 5.44. The van der Waals surface area contributed by atoms with Crippen molar-refractivity contribution in [3.8, 4) is 0 Å². The van der Waals surface area contributed by atoms with Crippen LogP contribution in [0, 0.1) is 6.92 Å². The van der Waals surface area contributed by atoms with E-state index in [1.165, 1.54) is 5.56 Å². The Morgan fingerprint density at radius 2 is 1.90 bits per heavy atom. The van der Waals surface area contributed by atoms with Gasteiger partial charge in [0.1, 0.15) is 0 Å². The van der Waals surface area contributed by atoms with Crippen LogP contribution in [0.25, 0.3) is 10.9 Å². The van der Waals surface area contributed by atoms with Crippen LogP contribution in [0.1, 0.15) is 43.6 Å². The molecule has 1 aromatic heterocycles. The molecule has 3 heteroatoms. The summed E-state index contributed by atoms with van der Waals surface area (Å²) in [6.45, 7) is 10.5. The number of benzene rings is 1. The fourth-order valence-corrected chi connectivity index (χ4v) is 3.07. The average Bonchev–Trinajstić information content (AvgIpc) is 2.51. The number of pyridine rings is 1. The van der Waals surface area contributed by atoms with Gasteiger partial charge in [0.25, 0.3) is 0 Å². The third kappa shape index (κ3) is 3.09. The predicted molar refractivity (Wildman–Crippen MR) is 88.6 cm³/mol. The van der Waals surface area contributed by atoms with Gasteiger partial charge in [-0.1, -0.05) is 39.0 Å². The molecule has 1 heterocycles. The molecule has 114 valence electrons. The number of aliphatic hydroxyl groups excluding tert-OH is 1. The lowest BCUT2D eigenvalue weighted by Gasteiger charge is -2.29. The van der Waals surface area contributed by atoms with Crippen LogP contribution >= 0.6 is 0 Å². The molecule has 1 unspecified atom stereocenters. The van der Waals surface area contributed by atoms with Gasteiger partial charge in [-0.3, -0.25) is 9.88 Å². The quantitative estimate of drug-likeness (QED) is 0.883. The van der Waals surface area contributed by atoms with Crippen LogP contribution < -0.4 is 0 Å². The Morgan fingerprint density at radius 3 is 2.48 bits per heavy atom. The van der Waals surface area contributed by atoms with Crippen molar-refractivity contribution < 1.29 is 5.11 Å². The second kappa shape index (κ2) is 7.01. The lowest BCUT2D eigenvalue weighted by atomic mass is 10.00. The van der Waals surface area contributed by atoms with Crippen molar-refractivity contribution in [3.63, 3.8) is 0 Å². The average molecular weight is 286 g/mol. The summed E-state index contributed by atoms with van der Waals surface area (Å²) in [7, 11) is 0.